The molecule has 1 aliphatic rings. The van der Waals surface area contributed by atoms with Crippen LogP contribution in [0.25, 0.3) is 0 Å². The molecule has 0 radical (unpaired) electrons. The molecule has 3 N–H and O–H groups in total. The summed E-state index contributed by atoms with van der Waals surface area (Å²) in [4.78, 5) is 12.1. The molecule has 1 unspecified atom stereocenters. The normalized spacial score (nSPS) is 22.1. The van der Waals surface area contributed by atoms with E-state index < -0.39 is 0 Å². The Morgan fingerprint density at radius 2 is 2.06 bits per heavy atom. The highest BCUT2D eigenvalue weighted by Crippen LogP contribution is 2.18. The topological polar surface area (TPSA) is 61.4 Å². The predicted octanol–water partition coefficient (Wildman–Crippen LogP) is 1.43. The van der Waals surface area contributed by atoms with Crippen LogP contribution in [0.4, 0.5) is 0 Å². The van der Waals surface area contributed by atoms with Crippen LogP contribution < -0.4 is 10.6 Å². The molecule has 0 aromatic heterocycles. The van der Waals surface area contributed by atoms with Crippen LogP contribution in [-0.2, 0) is 4.79 Å². The third kappa shape index (κ3) is 5.83. The van der Waals surface area contributed by atoms with E-state index in [1.165, 1.54) is 19.3 Å². The summed E-state index contributed by atoms with van der Waals surface area (Å²) in [6, 6.07) is -0.0322. The molecule has 18 heavy (non-hydrogen) atoms. The summed E-state index contributed by atoms with van der Waals surface area (Å²) < 4.78 is 0. The smallest absolute Gasteiger partial charge is 0.237 e. The molecule has 0 spiro atoms. The van der Waals surface area contributed by atoms with E-state index in [1.807, 2.05) is 0 Å². The molecule has 0 saturated carbocycles. The highest BCUT2D eigenvalue weighted by molar-refractivity contribution is 5.81. The van der Waals surface area contributed by atoms with Crippen LogP contribution in [0.15, 0.2) is 0 Å². The molecule has 1 saturated heterocycles. The molecular weight excluding hydrogens is 228 g/mol. The average Bonchev–Trinajstić information content (AvgIpc) is 2.25. The minimum Gasteiger partial charge on any atom is -0.396 e. The maximum absolute atomic E-state index is 12.1. The van der Waals surface area contributed by atoms with Crippen molar-refractivity contribution in [2.45, 2.75) is 58.4 Å². The van der Waals surface area contributed by atoms with Gasteiger partial charge in [0.05, 0.1) is 6.04 Å². The number of aliphatic hydroxyl groups excluding tert-OH is 1. The van der Waals surface area contributed by atoms with Crippen molar-refractivity contribution in [3.05, 3.63) is 0 Å². The van der Waals surface area contributed by atoms with E-state index >= 15 is 0 Å². The molecule has 106 valence electrons. The summed E-state index contributed by atoms with van der Waals surface area (Å²) in [6.45, 7) is 5.87. The predicted molar refractivity (Wildman–Crippen MR) is 73.4 cm³/mol. The quantitative estimate of drug-likeness (QED) is 0.697. The van der Waals surface area contributed by atoms with Gasteiger partial charge < -0.3 is 15.7 Å². The first kappa shape index (κ1) is 15.4. The molecule has 1 heterocycles. The van der Waals surface area contributed by atoms with Gasteiger partial charge in [0.25, 0.3) is 0 Å². The van der Waals surface area contributed by atoms with Gasteiger partial charge in [-0.05, 0) is 31.2 Å². The van der Waals surface area contributed by atoms with Crippen LogP contribution in [0.5, 0.6) is 0 Å². The molecule has 4 heteroatoms. The number of aliphatic hydroxyl groups is 1. The van der Waals surface area contributed by atoms with E-state index in [1.54, 1.807) is 0 Å². The molecule has 1 amide bonds. The number of carbonyl (C=O) groups is 1. The Bertz CT molecular complexity index is 246. The van der Waals surface area contributed by atoms with Gasteiger partial charge in [-0.3, -0.25) is 4.79 Å². The van der Waals surface area contributed by atoms with Crippen molar-refractivity contribution >= 4 is 5.91 Å². The average molecular weight is 256 g/mol. The SMILES string of the molecule is CC(C)(CCO)CNC(=O)C1CCCCCCN1. The van der Waals surface area contributed by atoms with E-state index in [0.717, 1.165) is 19.4 Å². The fourth-order valence-corrected chi connectivity index (χ4v) is 2.27. The van der Waals surface area contributed by atoms with Gasteiger partial charge in [-0.2, -0.15) is 0 Å². The molecular formula is C14H28N2O2. The van der Waals surface area contributed by atoms with Crippen molar-refractivity contribution in [1.82, 2.24) is 10.6 Å². The lowest BCUT2D eigenvalue weighted by Crippen LogP contribution is -2.47. The Morgan fingerprint density at radius 1 is 1.33 bits per heavy atom. The molecule has 1 atom stereocenters. The summed E-state index contributed by atoms with van der Waals surface area (Å²) in [6.07, 6.45) is 6.45. The number of nitrogens with one attached hydrogen (secondary N) is 2. The maximum atomic E-state index is 12.1. The summed E-state index contributed by atoms with van der Waals surface area (Å²) in [5.74, 6) is 0.114. The Morgan fingerprint density at radius 3 is 2.78 bits per heavy atom. The largest absolute Gasteiger partial charge is 0.396 e. The Balaban J connectivity index is 2.34. The molecule has 1 fully saturated rings. The van der Waals surface area contributed by atoms with Crippen LogP contribution in [0, 0.1) is 5.41 Å². The maximum Gasteiger partial charge on any atom is 0.237 e. The van der Waals surface area contributed by atoms with Gasteiger partial charge >= 0.3 is 0 Å². The van der Waals surface area contributed by atoms with Gasteiger partial charge in [0.1, 0.15) is 0 Å². The van der Waals surface area contributed by atoms with Gasteiger partial charge in [-0.25, -0.2) is 0 Å². The third-order valence-electron chi connectivity index (χ3n) is 3.66. The number of hydrogen-bond acceptors (Lipinski definition) is 3. The first-order valence-electron chi connectivity index (χ1n) is 7.17. The molecule has 1 rings (SSSR count). The Hall–Kier alpha value is -0.610. The Labute approximate surface area is 111 Å². The van der Waals surface area contributed by atoms with Crippen molar-refractivity contribution in [3.8, 4) is 0 Å². The fourth-order valence-electron chi connectivity index (χ4n) is 2.27. The molecule has 1 aliphatic heterocycles. The second-order valence-corrected chi connectivity index (χ2v) is 6.07. The first-order chi connectivity index (χ1) is 8.55. The van der Waals surface area contributed by atoms with Gasteiger partial charge in [0, 0.05) is 13.2 Å². The van der Waals surface area contributed by atoms with Crippen molar-refractivity contribution < 1.29 is 9.90 Å². The van der Waals surface area contributed by atoms with Crippen LogP contribution in [0.3, 0.4) is 0 Å². The number of rotatable bonds is 5. The standard InChI is InChI=1S/C14H28N2O2/c1-14(2,8-10-17)11-16-13(18)12-7-5-3-4-6-9-15-12/h12,15,17H,3-11H2,1-2H3,(H,16,18). The number of amides is 1. The lowest BCUT2D eigenvalue weighted by Gasteiger charge is -2.26. The summed E-state index contributed by atoms with van der Waals surface area (Å²) in [7, 11) is 0. The second-order valence-electron chi connectivity index (χ2n) is 6.07. The van der Waals surface area contributed by atoms with Crippen LogP contribution in [-0.4, -0.2) is 36.8 Å². The summed E-state index contributed by atoms with van der Waals surface area (Å²) >= 11 is 0. The van der Waals surface area contributed by atoms with Crippen LogP contribution in [0.2, 0.25) is 0 Å². The molecule has 0 bridgehead atoms. The molecule has 0 aliphatic carbocycles. The minimum absolute atomic E-state index is 0.0322. The molecule has 0 aromatic rings. The van der Waals surface area contributed by atoms with E-state index in [4.69, 9.17) is 5.11 Å². The van der Waals surface area contributed by atoms with Crippen molar-refractivity contribution in [1.29, 1.82) is 0 Å². The van der Waals surface area contributed by atoms with Crippen LogP contribution >= 0.6 is 0 Å². The van der Waals surface area contributed by atoms with Crippen molar-refractivity contribution in [2.75, 3.05) is 19.7 Å². The fraction of sp³-hybridized carbons (Fsp3) is 0.929. The van der Waals surface area contributed by atoms with Crippen molar-refractivity contribution in [2.24, 2.45) is 5.41 Å². The highest BCUT2D eigenvalue weighted by atomic mass is 16.3. The number of carbonyl (C=O) groups excluding carboxylic acids is 1. The second kappa shape index (κ2) is 7.74. The highest BCUT2D eigenvalue weighted by Gasteiger charge is 2.22. The summed E-state index contributed by atoms with van der Waals surface area (Å²) in [5, 5.41) is 15.3. The Kier molecular flexibility index (Phi) is 6.65. The van der Waals surface area contributed by atoms with E-state index in [9.17, 15) is 4.79 Å². The molecule has 4 nitrogen and oxygen atoms in total. The van der Waals surface area contributed by atoms with Gasteiger partial charge in [0.2, 0.25) is 5.91 Å². The van der Waals surface area contributed by atoms with Gasteiger partial charge in [-0.1, -0.05) is 33.1 Å². The van der Waals surface area contributed by atoms with Gasteiger partial charge in [-0.15, -0.1) is 0 Å². The zero-order chi connectivity index (χ0) is 13.4. The van der Waals surface area contributed by atoms with Crippen LogP contribution in [0.1, 0.15) is 52.4 Å². The van der Waals surface area contributed by atoms with Crippen molar-refractivity contribution in [3.63, 3.8) is 0 Å². The zero-order valence-electron chi connectivity index (χ0n) is 11.8. The summed E-state index contributed by atoms with van der Waals surface area (Å²) in [5.41, 5.74) is -0.0357. The molecule has 0 aromatic carbocycles. The monoisotopic (exact) mass is 256 g/mol. The lowest BCUT2D eigenvalue weighted by atomic mass is 9.89. The van der Waals surface area contributed by atoms with E-state index in [-0.39, 0.29) is 24.0 Å². The van der Waals surface area contributed by atoms with E-state index in [0.29, 0.717) is 13.0 Å². The van der Waals surface area contributed by atoms with Gasteiger partial charge in [0.15, 0.2) is 0 Å². The first-order valence-corrected chi connectivity index (χ1v) is 7.17. The third-order valence-corrected chi connectivity index (χ3v) is 3.66. The lowest BCUT2D eigenvalue weighted by molar-refractivity contribution is -0.123. The van der Waals surface area contributed by atoms with E-state index in [2.05, 4.69) is 24.5 Å². The minimum atomic E-state index is -0.0357. The number of hydrogen-bond donors (Lipinski definition) is 3. The zero-order valence-corrected chi connectivity index (χ0v) is 11.8.